The molecule has 0 aromatic heterocycles. The smallest absolute Gasteiger partial charge is 0.363 e. The third kappa shape index (κ3) is 4.09. The normalized spacial score (nSPS) is 23.2. The van der Waals surface area contributed by atoms with E-state index in [0.717, 1.165) is 45.1 Å². The summed E-state index contributed by atoms with van der Waals surface area (Å²) in [5.41, 5.74) is -1.20. The van der Waals surface area contributed by atoms with Crippen molar-refractivity contribution < 1.29 is 18.1 Å². The quantitative estimate of drug-likeness (QED) is 0.603. The van der Waals surface area contributed by atoms with Crippen molar-refractivity contribution in [3.63, 3.8) is 0 Å². The Bertz CT molecular complexity index is 660. The van der Waals surface area contributed by atoms with Gasteiger partial charge in [-0.1, -0.05) is 0 Å². The molecular formula is C17H23F3N4O2. The van der Waals surface area contributed by atoms with Crippen LogP contribution >= 0.6 is 0 Å². The van der Waals surface area contributed by atoms with Crippen molar-refractivity contribution in [2.45, 2.75) is 25.1 Å². The first-order valence-corrected chi connectivity index (χ1v) is 8.79. The molecule has 2 aliphatic heterocycles. The summed E-state index contributed by atoms with van der Waals surface area (Å²) in [6.07, 6.45) is -2.29. The standard InChI is InChI=1S/C17H23F3N4O2/c1-21-6-2-3-14(12-21)22-7-9-23(10-8-22)15-5-4-13(17(18,19)20)11-16(15)24(25)26/h4-5,11,14H,2-3,6-10,12H2,1H3. The van der Waals surface area contributed by atoms with Gasteiger partial charge in [0.1, 0.15) is 5.69 Å². The molecule has 0 amide bonds. The average molecular weight is 372 g/mol. The molecule has 1 aromatic carbocycles. The minimum atomic E-state index is -4.59. The van der Waals surface area contributed by atoms with E-state index in [1.54, 1.807) is 0 Å². The van der Waals surface area contributed by atoms with Crippen molar-refractivity contribution >= 4 is 11.4 Å². The van der Waals surface area contributed by atoms with Gasteiger partial charge in [0.15, 0.2) is 0 Å². The van der Waals surface area contributed by atoms with Crippen molar-refractivity contribution in [2.75, 3.05) is 51.2 Å². The van der Waals surface area contributed by atoms with Gasteiger partial charge >= 0.3 is 6.18 Å². The van der Waals surface area contributed by atoms with E-state index in [9.17, 15) is 23.3 Å². The molecule has 0 spiro atoms. The molecule has 9 heteroatoms. The number of alkyl halides is 3. The van der Waals surface area contributed by atoms with Crippen LogP contribution in [-0.4, -0.2) is 67.1 Å². The van der Waals surface area contributed by atoms with Gasteiger partial charge in [-0.2, -0.15) is 13.2 Å². The molecule has 0 N–H and O–H groups in total. The van der Waals surface area contributed by atoms with Crippen molar-refractivity contribution in [1.82, 2.24) is 9.80 Å². The van der Waals surface area contributed by atoms with Crippen LogP contribution in [0.5, 0.6) is 0 Å². The summed E-state index contributed by atoms with van der Waals surface area (Å²) in [5, 5.41) is 11.3. The number of rotatable bonds is 3. The maximum atomic E-state index is 12.8. The Morgan fingerprint density at radius 3 is 2.42 bits per heavy atom. The molecule has 1 atom stereocenters. The molecule has 1 unspecified atom stereocenters. The Morgan fingerprint density at radius 2 is 1.85 bits per heavy atom. The van der Waals surface area contributed by atoms with Crippen LogP contribution < -0.4 is 4.90 Å². The Kier molecular flexibility index (Phi) is 5.38. The Balaban J connectivity index is 1.71. The van der Waals surface area contributed by atoms with E-state index in [0.29, 0.717) is 25.2 Å². The van der Waals surface area contributed by atoms with E-state index >= 15 is 0 Å². The number of hydrogen-bond acceptors (Lipinski definition) is 5. The van der Waals surface area contributed by atoms with Crippen LogP contribution in [-0.2, 0) is 6.18 Å². The third-order valence-electron chi connectivity index (χ3n) is 5.27. The molecule has 26 heavy (non-hydrogen) atoms. The number of piperidine rings is 1. The van der Waals surface area contributed by atoms with Crippen LogP contribution in [0.15, 0.2) is 18.2 Å². The fourth-order valence-corrected chi connectivity index (χ4v) is 3.88. The van der Waals surface area contributed by atoms with Crippen LogP contribution in [0.25, 0.3) is 0 Å². The highest BCUT2D eigenvalue weighted by molar-refractivity contribution is 5.65. The first-order chi connectivity index (χ1) is 12.3. The summed E-state index contributed by atoms with van der Waals surface area (Å²) in [7, 11) is 2.11. The summed E-state index contributed by atoms with van der Waals surface area (Å²) in [6, 6.07) is 3.27. The highest BCUT2D eigenvalue weighted by atomic mass is 19.4. The lowest BCUT2D eigenvalue weighted by Crippen LogP contribution is -2.54. The molecule has 144 valence electrons. The number of nitrogens with zero attached hydrogens (tertiary/aromatic N) is 4. The molecule has 2 heterocycles. The topological polar surface area (TPSA) is 52.9 Å². The molecule has 1 aromatic rings. The van der Waals surface area contributed by atoms with Crippen LogP contribution in [0.3, 0.4) is 0 Å². The molecule has 2 saturated heterocycles. The lowest BCUT2D eigenvalue weighted by Gasteiger charge is -2.43. The predicted octanol–water partition coefficient (Wildman–Crippen LogP) is 2.83. The number of nitro benzene ring substituents is 1. The molecule has 0 aliphatic carbocycles. The van der Waals surface area contributed by atoms with Crippen LogP contribution in [0, 0.1) is 10.1 Å². The first-order valence-electron chi connectivity index (χ1n) is 8.79. The fraction of sp³-hybridized carbons (Fsp3) is 0.647. The molecule has 0 bridgehead atoms. The van der Waals surface area contributed by atoms with Gasteiger partial charge in [0.2, 0.25) is 0 Å². The maximum Gasteiger partial charge on any atom is 0.416 e. The second kappa shape index (κ2) is 7.40. The number of nitro groups is 1. The predicted molar refractivity (Wildman–Crippen MR) is 92.4 cm³/mol. The minimum Gasteiger partial charge on any atom is -0.363 e. The van der Waals surface area contributed by atoms with Gasteiger partial charge in [0.25, 0.3) is 5.69 Å². The van der Waals surface area contributed by atoms with Gasteiger partial charge in [0.05, 0.1) is 10.5 Å². The van der Waals surface area contributed by atoms with Crippen LogP contribution in [0.1, 0.15) is 18.4 Å². The second-order valence-electron chi connectivity index (χ2n) is 7.04. The number of halogens is 3. The average Bonchev–Trinajstić information content (AvgIpc) is 2.60. The van der Waals surface area contributed by atoms with Crippen molar-refractivity contribution in [3.8, 4) is 0 Å². The highest BCUT2D eigenvalue weighted by Crippen LogP contribution is 2.37. The number of likely N-dealkylation sites (tertiary alicyclic amines) is 1. The van der Waals surface area contributed by atoms with E-state index in [1.807, 2.05) is 4.90 Å². The van der Waals surface area contributed by atoms with Gasteiger partial charge in [-0.15, -0.1) is 0 Å². The summed E-state index contributed by atoms with van der Waals surface area (Å²) in [4.78, 5) is 17.1. The minimum absolute atomic E-state index is 0.267. The molecular weight excluding hydrogens is 349 g/mol. The van der Waals surface area contributed by atoms with Crippen LogP contribution in [0.4, 0.5) is 24.5 Å². The zero-order valence-electron chi connectivity index (χ0n) is 14.7. The van der Waals surface area contributed by atoms with E-state index in [-0.39, 0.29) is 5.69 Å². The Labute approximate surface area is 150 Å². The van der Waals surface area contributed by atoms with Gasteiger partial charge in [-0.05, 0) is 38.6 Å². The van der Waals surface area contributed by atoms with E-state index in [4.69, 9.17) is 0 Å². The number of benzene rings is 1. The molecule has 2 aliphatic rings. The Hall–Kier alpha value is -1.87. The molecule has 0 radical (unpaired) electrons. The van der Waals surface area contributed by atoms with Gasteiger partial charge in [-0.3, -0.25) is 15.0 Å². The first kappa shape index (κ1) is 18.9. The van der Waals surface area contributed by atoms with Crippen LogP contribution in [0.2, 0.25) is 0 Å². The van der Waals surface area contributed by atoms with Crippen molar-refractivity contribution in [3.05, 3.63) is 33.9 Å². The Morgan fingerprint density at radius 1 is 1.15 bits per heavy atom. The second-order valence-corrected chi connectivity index (χ2v) is 7.04. The van der Waals surface area contributed by atoms with Gasteiger partial charge in [-0.25, -0.2) is 0 Å². The number of hydrogen-bond donors (Lipinski definition) is 0. The zero-order chi connectivity index (χ0) is 18.9. The van der Waals surface area contributed by atoms with Gasteiger partial charge < -0.3 is 9.80 Å². The monoisotopic (exact) mass is 372 g/mol. The number of piperazine rings is 1. The lowest BCUT2D eigenvalue weighted by molar-refractivity contribution is -0.384. The molecule has 0 saturated carbocycles. The zero-order valence-corrected chi connectivity index (χ0v) is 14.7. The molecule has 2 fully saturated rings. The van der Waals surface area contributed by atoms with Gasteiger partial charge in [0, 0.05) is 44.8 Å². The van der Waals surface area contributed by atoms with E-state index in [2.05, 4.69) is 16.8 Å². The molecule has 6 nitrogen and oxygen atoms in total. The largest absolute Gasteiger partial charge is 0.416 e. The highest BCUT2D eigenvalue weighted by Gasteiger charge is 2.34. The SMILES string of the molecule is CN1CCCC(N2CCN(c3ccc(C(F)(F)F)cc3[N+](=O)[O-])CC2)C1. The fourth-order valence-electron chi connectivity index (χ4n) is 3.88. The van der Waals surface area contributed by atoms with E-state index in [1.165, 1.54) is 6.07 Å². The summed E-state index contributed by atoms with van der Waals surface area (Å²) in [5.74, 6) is 0. The summed E-state index contributed by atoms with van der Waals surface area (Å²) in [6.45, 7) is 4.79. The molecule has 3 rings (SSSR count). The number of anilines is 1. The summed E-state index contributed by atoms with van der Waals surface area (Å²) < 4.78 is 38.5. The summed E-state index contributed by atoms with van der Waals surface area (Å²) >= 11 is 0. The van der Waals surface area contributed by atoms with Crippen molar-refractivity contribution in [1.29, 1.82) is 0 Å². The lowest BCUT2D eigenvalue weighted by atomic mass is 10.0. The van der Waals surface area contributed by atoms with E-state index < -0.39 is 22.4 Å². The third-order valence-corrected chi connectivity index (χ3v) is 5.27. The maximum absolute atomic E-state index is 12.8. The number of likely N-dealkylation sites (N-methyl/N-ethyl adjacent to an activating group) is 1. The van der Waals surface area contributed by atoms with Crippen molar-refractivity contribution in [2.24, 2.45) is 0 Å².